The molecule has 2 saturated carbocycles. The van der Waals surface area contributed by atoms with Gasteiger partial charge in [-0.1, -0.05) is 12.1 Å². The van der Waals surface area contributed by atoms with Crippen LogP contribution in [0.2, 0.25) is 0 Å². The first kappa shape index (κ1) is 12.9. The molecule has 2 aliphatic rings. The van der Waals surface area contributed by atoms with E-state index in [1.807, 2.05) is 14.2 Å². The Hall–Kier alpha value is -1.06. The lowest BCUT2D eigenvalue weighted by molar-refractivity contribution is -0.0983. The highest BCUT2D eigenvalue weighted by Gasteiger charge is 2.44. The largest absolute Gasteiger partial charge is 0.490 e. The second-order valence-electron chi connectivity index (χ2n) is 5.73. The zero-order valence-corrected chi connectivity index (χ0v) is 11.8. The maximum atomic E-state index is 5.89. The minimum Gasteiger partial charge on any atom is -0.490 e. The van der Waals surface area contributed by atoms with E-state index < -0.39 is 0 Å². The fraction of sp³-hybridized carbons (Fsp3) is 0.625. The average molecular weight is 261 g/mol. The molecule has 1 aromatic rings. The van der Waals surface area contributed by atoms with Gasteiger partial charge in [-0.2, -0.15) is 0 Å². The zero-order chi connectivity index (χ0) is 13.3. The molecular weight excluding hydrogens is 238 g/mol. The van der Waals surface area contributed by atoms with E-state index >= 15 is 0 Å². The molecule has 3 nitrogen and oxygen atoms in total. The van der Waals surface area contributed by atoms with E-state index in [4.69, 9.17) is 9.47 Å². The molecule has 1 atom stereocenters. The van der Waals surface area contributed by atoms with Crippen molar-refractivity contribution in [3.8, 4) is 5.75 Å². The topological polar surface area (TPSA) is 30.5 Å². The van der Waals surface area contributed by atoms with Crippen molar-refractivity contribution < 1.29 is 9.47 Å². The Morgan fingerprint density at radius 1 is 1.32 bits per heavy atom. The molecule has 3 heteroatoms. The van der Waals surface area contributed by atoms with Crippen LogP contribution in [0.15, 0.2) is 24.3 Å². The van der Waals surface area contributed by atoms with Crippen molar-refractivity contribution in [2.75, 3.05) is 14.2 Å². The third-order valence-corrected chi connectivity index (χ3v) is 4.44. The number of likely N-dealkylation sites (N-methyl/N-ethyl adjacent to an activating group) is 1. The van der Waals surface area contributed by atoms with Crippen LogP contribution in [0.4, 0.5) is 0 Å². The molecule has 3 rings (SSSR count). The lowest BCUT2D eigenvalue weighted by atomic mass is 9.72. The predicted octanol–water partition coefficient (Wildman–Crippen LogP) is 3.06. The van der Waals surface area contributed by atoms with Crippen LogP contribution in [0, 0.1) is 0 Å². The molecular formula is C16H23NO2. The lowest BCUT2D eigenvalue weighted by Crippen LogP contribution is -2.49. The Morgan fingerprint density at radius 3 is 2.63 bits per heavy atom. The Morgan fingerprint density at radius 2 is 2.11 bits per heavy atom. The van der Waals surface area contributed by atoms with Gasteiger partial charge >= 0.3 is 0 Å². The van der Waals surface area contributed by atoms with Gasteiger partial charge in [-0.15, -0.1) is 0 Å². The monoisotopic (exact) mass is 261 g/mol. The standard InChI is InChI=1S/C16H23NO2/c1-17-15(16(18-2)9-4-10-16)12-5-3-6-14(11-12)19-13-7-8-13/h3,5-6,11,13,15,17H,4,7-10H2,1-2H3. The van der Waals surface area contributed by atoms with Gasteiger partial charge in [0.05, 0.1) is 17.7 Å². The maximum Gasteiger partial charge on any atom is 0.120 e. The van der Waals surface area contributed by atoms with Gasteiger partial charge < -0.3 is 14.8 Å². The van der Waals surface area contributed by atoms with Gasteiger partial charge in [-0.3, -0.25) is 0 Å². The number of methoxy groups -OCH3 is 1. The summed E-state index contributed by atoms with van der Waals surface area (Å²) in [7, 11) is 3.84. The van der Waals surface area contributed by atoms with Gasteiger partial charge in [0.25, 0.3) is 0 Å². The lowest BCUT2D eigenvalue weighted by Gasteiger charge is -2.46. The Bertz CT molecular complexity index is 433. The Balaban J connectivity index is 1.81. The summed E-state index contributed by atoms with van der Waals surface area (Å²) in [6.45, 7) is 0. The van der Waals surface area contributed by atoms with Crippen LogP contribution in [-0.2, 0) is 4.74 Å². The zero-order valence-electron chi connectivity index (χ0n) is 11.8. The van der Waals surface area contributed by atoms with Crippen LogP contribution in [0.5, 0.6) is 5.75 Å². The predicted molar refractivity (Wildman–Crippen MR) is 75.5 cm³/mol. The van der Waals surface area contributed by atoms with Crippen molar-refractivity contribution in [2.24, 2.45) is 0 Å². The molecule has 2 fully saturated rings. The highest BCUT2D eigenvalue weighted by Crippen LogP contribution is 2.45. The van der Waals surface area contributed by atoms with Crippen LogP contribution in [0.1, 0.15) is 43.7 Å². The molecule has 2 aliphatic carbocycles. The summed E-state index contributed by atoms with van der Waals surface area (Å²) >= 11 is 0. The summed E-state index contributed by atoms with van der Waals surface area (Å²) in [4.78, 5) is 0. The molecule has 0 amide bonds. The molecule has 19 heavy (non-hydrogen) atoms. The van der Waals surface area contributed by atoms with E-state index in [1.54, 1.807) is 0 Å². The molecule has 1 unspecified atom stereocenters. The molecule has 0 aliphatic heterocycles. The minimum atomic E-state index is -0.0348. The molecule has 0 heterocycles. The van der Waals surface area contributed by atoms with Crippen molar-refractivity contribution in [3.63, 3.8) is 0 Å². The minimum absolute atomic E-state index is 0.0348. The van der Waals surface area contributed by atoms with Crippen molar-refractivity contribution in [3.05, 3.63) is 29.8 Å². The fourth-order valence-electron chi connectivity index (χ4n) is 3.02. The third kappa shape index (κ3) is 2.49. The fourth-order valence-corrected chi connectivity index (χ4v) is 3.02. The number of rotatable bonds is 6. The van der Waals surface area contributed by atoms with Gasteiger partial charge in [0.2, 0.25) is 0 Å². The van der Waals surface area contributed by atoms with Crippen molar-refractivity contribution in [1.29, 1.82) is 0 Å². The highest BCUT2D eigenvalue weighted by atomic mass is 16.5. The second-order valence-corrected chi connectivity index (χ2v) is 5.73. The van der Waals surface area contributed by atoms with Gasteiger partial charge in [-0.05, 0) is 56.8 Å². The summed E-state index contributed by atoms with van der Waals surface area (Å²) < 4.78 is 11.7. The van der Waals surface area contributed by atoms with E-state index in [0.717, 1.165) is 18.6 Å². The molecule has 104 valence electrons. The van der Waals surface area contributed by atoms with Crippen LogP contribution in [-0.4, -0.2) is 25.9 Å². The van der Waals surface area contributed by atoms with Gasteiger partial charge in [0, 0.05) is 7.11 Å². The summed E-state index contributed by atoms with van der Waals surface area (Å²) in [5.74, 6) is 0.992. The van der Waals surface area contributed by atoms with Crippen molar-refractivity contribution in [2.45, 2.75) is 49.9 Å². The summed E-state index contributed by atoms with van der Waals surface area (Å²) in [5, 5.41) is 3.43. The molecule has 0 spiro atoms. The van der Waals surface area contributed by atoms with Crippen LogP contribution in [0.3, 0.4) is 0 Å². The Kier molecular flexibility index (Phi) is 3.50. The van der Waals surface area contributed by atoms with E-state index in [0.29, 0.717) is 6.10 Å². The normalized spacial score (nSPS) is 22.6. The molecule has 1 N–H and O–H groups in total. The molecule has 0 radical (unpaired) electrons. The van der Waals surface area contributed by atoms with Crippen LogP contribution in [0.25, 0.3) is 0 Å². The quantitative estimate of drug-likeness (QED) is 0.853. The summed E-state index contributed by atoms with van der Waals surface area (Å²) in [5.41, 5.74) is 1.23. The van der Waals surface area contributed by atoms with E-state index in [9.17, 15) is 0 Å². The summed E-state index contributed by atoms with van der Waals surface area (Å²) in [6.07, 6.45) is 6.35. The maximum absolute atomic E-state index is 5.89. The van der Waals surface area contributed by atoms with E-state index in [1.165, 1.54) is 24.8 Å². The van der Waals surface area contributed by atoms with Crippen LogP contribution < -0.4 is 10.1 Å². The number of benzene rings is 1. The van der Waals surface area contributed by atoms with E-state index in [2.05, 4.69) is 29.6 Å². The number of ether oxygens (including phenoxy) is 2. The van der Waals surface area contributed by atoms with Crippen LogP contribution >= 0.6 is 0 Å². The molecule has 1 aromatic carbocycles. The van der Waals surface area contributed by atoms with Gasteiger partial charge in [-0.25, -0.2) is 0 Å². The second kappa shape index (κ2) is 5.14. The number of nitrogens with one attached hydrogen (secondary N) is 1. The molecule has 0 aromatic heterocycles. The SMILES string of the molecule is CNC(c1cccc(OC2CC2)c1)C1(OC)CCC1. The first-order chi connectivity index (χ1) is 9.27. The van der Waals surface area contributed by atoms with Crippen molar-refractivity contribution in [1.82, 2.24) is 5.32 Å². The average Bonchev–Trinajstić information content (AvgIpc) is 3.18. The van der Waals surface area contributed by atoms with Gasteiger partial charge in [0.1, 0.15) is 5.75 Å². The smallest absolute Gasteiger partial charge is 0.120 e. The number of hydrogen-bond acceptors (Lipinski definition) is 3. The summed E-state index contributed by atoms with van der Waals surface area (Å²) in [6, 6.07) is 8.71. The van der Waals surface area contributed by atoms with Gasteiger partial charge in [0.15, 0.2) is 0 Å². The first-order valence-electron chi connectivity index (χ1n) is 7.26. The molecule has 0 saturated heterocycles. The first-order valence-corrected chi connectivity index (χ1v) is 7.26. The third-order valence-electron chi connectivity index (χ3n) is 4.44. The molecule has 0 bridgehead atoms. The van der Waals surface area contributed by atoms with Crippen molar-refractivity contribution >= 4 is 0 Å². The highest BCUT2D eigenvalue weighted by molar-refractivity contribution is 5.33. The van der Waals surface area contributed by atoms with E-state index in [-0.39, 0.29) is 11.6 Å². The Labute approximate surface area is 115 Å². The number of hydrogen-bond donors (Lipinski definition) is 1.